The first-order chi connectivity index (χ1) is 14.1. The third-order valence-corrected chi connectivity index (χ3v) is 8.37. The van der Waals surface area contributed by atoms with Gasteiger partial charge in [0.1, 0.15) is 6.29 Å². The lowest BCUT2D eigenvalue weighted by Crippen LogP contribution is -2.43. The average Bonchev–Trinajstić information content (AvgIpc) is 3.42. The summed E-state index contributed by atoms with van der Waals surface area (Å²) < 4.78 is 80.3. The molecule has 8 heteroatoms. The number of nitrogens with zero attached hydrogens (tertiary/aromatic N) is 1. The van der Waals surface area contributed by atoms with Gasteiger partial charge in [-0.2, -0.15) is 26.3 Å². The summed E-state index contributed by atoms with van der Waals surface area (Å²) in [7, 11) is 0. The van der Waals surface area contributed by atoms with Gasteiger partial charge in [-0.3, -0.25) is 4.90 Å². The van der Waals surface area contributed by atoms with Gasteiger partial charge in [-0.05, 0) is 81.0 Å². The van der Waals surface area contributed by atoms with E-state index < -0.39 is 36.5 Å². The Morgan fingerprint density at radius 3 is 1.97 bits per heavy atom. The Kier molecular flexibility index (Phi) is 6.19. The molecule has 0 aromatic rings. The predicted molar refractivity (Wildman–Crippen MR) is 99.5 cm³/mol. The SMILES string of the molecule is O=CCC1CN(CC2CC2)C2CCC(C3CC(C(F)(F)F)CC(C(F)(F)F)C3)CC12. The highest BCUT2D eigenvalue weighted by Crippen LogP contribution is 2.54. The Hall–Kier alpha value is -0.790. The quantitative estimate of drug-likeness (QED) is 0.395. The molecule has 0 aromatic heterocycles. The van der Waals surface area contributed by atoms with Crippen molar-refractivity contribution in [2.75, 3.05) is 13.1 Å². The maximum absolute atomic E-state index is 13.4. The van der Waals surface area contributed by atoms with Crippen molar-refractivity contribution in [1.29, 1.82) is 0 Å². The second-order valence-electron chi connectivity index (χ2n) is 10.3. The number of fused-ring (bicyclic) bond motifs is 1. The topological polar surface area (TPSA) is 20.3 Å². The van der Waals surface area contributed by atoms with Crippen molar-refractivity contribution in [3.8, 4) is 0 Å². The normalized spacial score (nSPS) is 40.9. The molecule has 0 bridgehead atoms. The van der Waals surface area contributed by atoms with Crippen LogP contribution >= 0.6 is 0 Å². The Bertz CT molecular complexity index is 594. The van der Waals surface area contributed by atoms with Gasteiger partial charge in [0.25, 0.3) is 0 Å². The summed E-state index contributed by atoms with van der Waals surface area (Å²) in [6.45, 7) is 1.87. The van der Waals surface area contributed by atoms with Crippen LogP contribution in [0, 0.1) is 41.4 Å². The van der Waals surface area contributed by atoms with Gasteiger partial charge < -0.3 is 4.79 Å². The molecule has 1 aliphatic heterocycles. The van der Waals surface area contributed by atoms with Gasteiger partial charge in [0.05, 0.1) is 11.8 Å². The minimum atomic E-state index is -4.58. The van der Waals surface area contributed by atoms with Crippen LogP contribution in [0.2, 0.25) is 0 Å². The minimum Gasteiger partial charge on any atom is -0.303 e. The zero-order valence-corrected chi connectivity index (χ0v) is 17.1. The van der Waals surface area contributed by atoms with Crippen LogP contribution in [-0.4, -0.2) is 42.7 Å². The standard InChI is InChI=1S/C22H31F6NO/c23-21(24,25)17-7-16(8-18(10-17)22(26,27)28)14-3-4-20-19(9-14)15(5-6-30)12-29(20)11-13-1-2-13/h6,13-20H,1-5,7-12H2. The van der Waals surface area contributed by atoms with Crippen LogP contribution < -0.4 is 0 Å². The maximum Gasteiger partial charge on any atom is 0.391 e. The minimum absolute atomic E-state index is 0.101. The molecule has 2 nitrogen and oxygen atoms in total. The van der Waals surface area contributed by atoms with Gasteiger partial charge in [-0.15, -0.1) is 0 Å². The van der Waals surface area contributed by atoms with E-state index in [9.17, 15) is 31.1 Å². The summed E-state index contributed by atoms with van der Waals surface area (Å²) in [5.41, 5.74) is 0. The molecule has 3 saturated carbocycles. The van der Waals surface area contributed by atoms with E-state index in [0.29, 0.717) is 25.3 Å². The second kappa shape index (κ2) is 8.28. The first-order valence-electron chi connectivity index (χ1n) is 11.4. The van der Waals surface area contributed by atoms with Crippen LogP contribution in [0.1, 0.15) is 57.8 Å². The predicted octanol–water partition coefficient (Wildman–Crippen LogP) is 5.86. The Morgan fingerprint density at radius 1 is 0.800 bits per heavy atom. The fraction of sp³-hybridized carbons (Fsp3) is 0.955. The van der Waals surface area contributed by atoms with Gasteiger partial charge in [0.2, 0.25) is 0 Å². The van der Waals surface area contributed by atoms with E-state index >= 15 is 0 Å². The highest BCUT2D eigenvalue weighted by atomic mass is 19.4. The van der Waals surface area contributed by atoms with Crippen molar-refractivity contribution in [2.45, 2.75) is 76.2 Å². The van der Waals surface area contributed by atoms with E-state index in [0.717, 1.165) is 31.7 Å². The fourth-order valence-corrected chi connectivity index (χ4v) is 6.68. The Balaban J connectivity index is 1.47. The molecule has 6 unspecified atom stereocenters. The monoisotopic (exact) mass is 439 g/mol. The largest absolute Gasteiger partial charge is 0.391 e. The van der Waals surface area contributed by atoms with E-state index in [4.69, 9.17) is 0 Å². The lowest BCUT2D eigenvalue weighted by Gasteiger charge is -2.44. The molecule has 172 valence electrons. The Labute approximate surface area is 173 Å². The zero-order valence-electron chi connectivity index (χ0n) is 17.1. The molecule has 6 atom stereocenters. The number of rotatable bonds is 5. The molecule has 0 N–H and O–H groups in total. The van der Waals surface area contributed by atoms with Crippen molar-refractivity contribution in [2.24, 2.45) is 41.4 Å². The first kappa shape index (κ1) is 22.4. The van der Waals surface area contributed by atoms with Crippen molar-refractivity contribution >= 4 is 6.29 Å². The molecule has 0 amide bonds. The van der Waals surface area contributed by atoms with Gasteiger partial charge in [-0.1, -0.05) is 0 Å². The van der Waals surface area contributed by atoms with Crippen molar-refractivity contribution < 1.29 is 31.1 Å². The van der Waals surface area contributed by atoms with Crippen molar-refractivity contribution in [3.63, 3.8) is 0 Å². The molecular formula is C22H31F6NO. The number of hydrogen-bond acceptors (Lipinski definition) is 2. The van der Waals surface area contributed by atoms with E-state index in [1.54, 1.807) is 0 Å². The van der Waals surface area contributed by atoms with Crippen LogP contribution in [0.25, 0.3) is 0 Å². The molecule has 4 fully saturated rings. The third-order valence-electron chi connectivity index (χ3n) is 8.37. The number of aldehydes is 1. The number of carbonyl (C=O) groups excluding carboxylic acids is 1. The summed E-state index contributed by atoms with van der Waals surface area (Å²) in [4.78, 5) is 13.7. The van der Waals surface area contributed by atoms with Gasteiger partial charge in [0, 0.05) is 25.6 Å². The molecule has 4 rings (SSSR count). The summed E-state index contributed by atoms with van der Waals surface area (Å²) in [5, 5.41) is 0. The molecule has 30 heavy (non-hydrogen) atoms. The number of alkyl halides is 6. The summed E-state index contributed by atoms with van der Waals surface area (Å²) >= 11 is 0. The highest BCUT2D eigenvalue weighted by Gasteiger charge is 2.54. The number of carbonyl (C=O) groups is 1. The lowest BCUT2D eigenvalue weighted by atomic mass is 9.63. The van der Waals surface area contributed by atoms with Crippen molar-refractivity contribution in [3.05, 3.63) is 0 Å². The van der Waals surface area contributed by atoms with Crippen LogP contribution in [0.4, 0.5) is 26.3 Å². The third kappa shape index (κ3) is 4.83. The smallest absolute Gasteiger partial charge is 0.303 e. The molecule has 0 spiro atoms. The highest BCUT2D eigenvalue weighted by molar-refractivity contribution is 5.50. The Morgan fingerprint density at radius 2 is 1.43 bits per heavy atom. The van der Waals surface area contributed by atoms with Gasteiger partial charge in [0.15, 0.2) is 0 Å². The van der Waals surface area contributed by atoms with Crippen LogP contribution in [0.5, 0.6) is 0 Å². The first-order valence-corrected chi connectivity index (χ1v) is 11.4. The summed E-state index contributed by atoms with van der Waals surface area (Å²) in [5.74, 6) is -3.22. The molecular weight excluding hydrogens is 408 g/mol. The van der Waals surface area contributed by atoms with E-state index in [1.807, 2.05) is 0 Å². The summed E-state index contributed by atoms with van der Waals surface area (Å²) in [6, 6.07) is 0.340. The second-order valence-corrected chi connectivity index (χ2v) is 10.3. The molecule has 0 radical (unpaired) electrons. The fourth-order valence-electron chi connectivity index (χ4n) is 6.68. The van der Waals surface area contributed by atoms with Crippen LogP contribution in [0.3, 0.4) is 0 Å². The summed E-state index contributed by atoms with van der Waals surface area (Å²) in [6.07, 6.45) is -4.30. The number of halogens is 6. The van der Waals surface area contributed by atoms with E-state index in [2.05, 4.69) is 4.90 Å². The van der Waals surface area contributed by atoms with Crippen LogP contribution in [0.15, 0.2) is 0 Å². The number of hydrogen-bond donors (Lipinski definition) is 0. The molecule has 1 heterocycles. The van der Waals surface area contributed by atoms with Crippen LogP contribution in [-0.2, 0) is 4.79 Å². The lowest BCUT2D eigenvalue weighted by molar-refractivity contribution is -0.231. The van der Waals surface area contributed by atoms with Gasteiger partial charge in [-0.25, -0.2) is 0 Å². The van der Waals surface area contributed by atoms with Crippen molar-refractivity contribution in [1.82, 2.24) is 4.90 Å². The van der Waals surface area contributed by atoms with Gasteiger partial charge >= 0.3 is 12.4 Å². The molecule has 1 saturated heterocycles. The zero-order chi connectivity index (χ0) is 21.7. The molecule has 4 aliphatic rings. The molecule has 3 aliphatic carbocycles. The van der Waals surface area contributed by atoms with E-state index in [-0.39, 0.29) is 30.6 Å². The molecule has 0 aromatic carbocycles. The average molecular weight is 439 g/mol. The maximum atomic E-state index is 13.4. The van der Waals surface area contributed by atoms with E-state index in [1.165, 1.54) is 12.8 Å². The number of likely N-dealkylation sites (tertiary alicyclic amines) is 1.